The lowest BCUT2D eigenvalue weighted by Gasteiger charge is -2.07. The zero-order valence-electron chi connectivity index (χ0n) is 10.6. The molecule has 19 heavy (non-hydrogen) atoms. The first-order valence-electron chi connectivity index (χ1n) is 5.66. The lowest BCUT2D eigenvalue weighted by molar-refractivity contribution is -0.137. The number of carbonyl (C=O) groups excluding carboxylic acids is 1. The van der Waals surface area contributed by atoms with E-state index in [1.165, 1.54) is 6.08 Å². The van der Waals surface area contributed by atoms with Crippen LogP contribution >= 0.6 is 0 Å². The maximum Gasteiger partial charge on any atom is 0.332 e. The Morgan fingerprint density at radius 3 is 2.42 bits per heavy atom. The van der Waals surface area contributed by atoms with Gasteiger partial charge in [0.25, 0.3) is 0 Å². The predicted octanol–water partition coefficient (Wildman–Crippen LogP) is 2.66. The summed E-state index contributed by atoms with van der Waals surface area (Å²) >= 11 is 0. The summed E-state index contributed by atoms with van der Waals surface area (Å²) in [4.78, 5) is 11.1. The Balaban J connectivity index is 2.64. The highest BCUT2D eigenvalue weighted by atomic mass is 19.2. The summed E-state index contributed by atoms with van der Waals surface area (Å²) in [6.07, 6.45) is 1.22. The highest BCUT2D eigenvalue weighted by Gasteiger charge is 2.10. The van der Waals surface area contributed by atoms with Crippen molar-refractivity contribution in [1.29, 1.82) is 0 Å². The van der Waals surface area contributed by atoms with Crippen molar-refractivity contribution in [3.8, 4) is 0 Å². The Hall–Kier alpha value is -1.98. The van der Waals surface area contributed by atoms with E-state index in [1.807, 2.05) is 0 Å². The van der Waals surface area contributed by atoms with E-state index in [2.05, 4.69) is 5.32 Å². The van der Waals surface area contributed by atoms with Crippen molar-refractivity contribution in [2.45, 2.75) is 20.4 Å². The van der Waals surface area contributed by atoms with E-state index in [1.54, 1.807) is 13.8 Å². The third-order valence-corrected chi connectivity index (χ3v) is 2.24. The van der Waals surface area contributed by atoms with Crippen LogP contribution in [0.5, 0.6) is 0 Å². The normalized spacial score (nSPS) is 11.3. The van der Waals surface area contributed by atoms with Gasteiger partial charge in [0, 0.05) is 18.3 Å². The number of esters is 1. The molecule has 0 amide bonds. The molecule has 0 spiro atoms. The van der Waals surface area contributed by atoms with Gasteiger partial charge in [0.05, 0.1) is 6.61 Å². The minimum Gasteiger partial charge on any atom is -0.463 e. The molecule has 0 unspecified atom stereocenters. The van der Waals surface area contributed by atoms with E-state index in [0.29, 0.717) is 5.70 Å². The summed E-state index contributed by atoms with van der Waals surface area (Å²) in [5, 5.41) is 2.77. The second-order valence-corrected chi connectivity index (χ2v) is 3.81. The van der Waals surface area contributed by atoms with Crippen LogP contribution in [0.3, 0.4) is 0 Å². The van der Waals surface area contributed by atoms with E-state index in [9.17, 15) is 18.0 Å². The summed E-state index contributed by atoms with van der Waals surface area (Å²) in [5.41, 5.74) is 0.705. The Labute approximate surface area is 109 Å². The average Bonchev–Trinajstić information content (AvgIpc) is 2.33. The van der Waals surface area contributed by atoms with Crippen molar-refractivity contribution in [2.75, 3.05) is 6.61 Å². The maximum absolute atomic E-state index is 12.9. The maximum atomic E-state index is 12.9. The summed E-state index contributed by atoms with van der Waals surface area (Å²) in [6.45, 7) is 3.61. The number of nitrogens with one attached hydrogen (secondary N) is 1. The molecule has 1 aromatic carbocycles. The molecule has 0 fully saturated rings. The van der Waals surface area contributed by atoms with E-state index in [4.69, 9.17) is 4.74 Å². The van der Waals surface area contributed by atoms with E-state index >= 15 is 0 Å². The molecule has 1 N–H and O–H groups in total. The molecule has 0 aromatic heterocycles. The first-order chi connectivity index (χ1) is 8.93. The van der Waals surface area contributed by atoms with Crippen molar-refractivity contribution in [3.05, 3.63) is 46.9 Å². The summed E-state index contributed by atoms with van der Waals surface area (Å²) in [5.74, 6) is -4.50. The molecule has 1 aromatic rings. The Kier molecular flexibility index (Phi) is 5.41. The first-order valence-corrected chi connectivity index (χ1v) is 5.66. The minimum atomic E-state index is -1.50. The smallest absolute Gasteiger partial charge is 0.332 e. The van der Waals surface area contributed by atoms with Gasteiger partial charge >= 0.3 is 5.97 Å². The minimum absolute atomic E-state index is 0.0653. The number of hydrogen-bond acceptors (Lipinski definition) is 3. The Morgan fingerprint density at radius 2 is 1.89 bits per heavy atom. The lowest BCUT2D eigenvalue weighted by Crippen LogP contribution is -2.13. The van der Waals surface area contributed by atoms with Crippen LogP contribution in [0.25, 0.3) is 0 Å². The van der Waals surface area contributed by atoms with Gasteiger partial charge in [-0.15, -0.1) is 0 Å². The van der Waals surface area contributed by atoms with Gasteiger partial charge in [-0.1, -0.05) is 0 Å². The molecule has 104 valence electrons. The SMILES string of the molecule is CCOC(=O)/C=C(\C)NCc1cc(F)c(F)c(F)c1. The van der Waals surface area contributed by atoms with Gasteiger partial charge in [-0.3, -0.25) is 0 Å². The number of carbonyl (C=O) groups is 1. The number of ether oxygens (including phenoxy) is 1. The quantitative estimate of drug-likeness (QED) is 0.509. The highest BCUT2D eigenvalue weighted by molar-refractivity contribution is 5.82. The molecule has 0 radical (unpaired) electrons. The molecule has 0 saturated heterocycles. The highest BCUT2D eigenvalue weighted by Crippen LogP contribution is 2.13. The number of halogens is 3. The van der Waals surface area contributed by atoms with E-state index in [0.717, 1.165) is 12.1 Å². The van der Waals surface area contributed by atoms with E-state index < -0.39 is 23.4 Å². The Morgan fingerprint density at radius 1 is 1.32 bits per heavy atom. The van der Waals surface area contributed by atoms with Crippen molar-refractivity contribution >= 4 is 5.97 Å². The van der Waals surface area contributed by atoms with Crippen molar-refractivity contribution in [1.82, 2.24) is 5.32 Å². The lowest BCUT2D eigenvalue weighted by atomic mass is 10.2. The average molecular weight is 273 g/mol. The van der Waals surface area contributed by atoms with Crippen molar-refractivity contribution in [2.24, 2.45) is 0 Å². The molecule has 0 aliphatic carbocycles. The van der Waals surface area contributed by atoms with Crippen LogP contribution in [0.15, 0.2) is 23.9 Å². The van der Waals surface area contributed by atoms with Gasteiger partial charge in [0.2, 0.25) is 0 Å². The van der Waals surface area contributed by atoms with Crippen LogP contribution < -0.4 is 5.32 Å². The van der Waals surface area contributed by atoms with Crippen LogP contribution in [0, 0.1) is 17.5 Å². The zero-order chi connectivity index (χ0) is 14.4. The molecule has 3 nitrogen and oxygen atoms in total. The fourth-order valence-electron chi connectivity index (χ4n) is 1.36. The monoisotopic (exact) mass is 273 g/mol. The molecule has 0 bridgehead atoms. The summed E-state index contributed by atoms with van der Waals surface area (Å²) < 4.78 is 43.3. The molecule has 0 aliphatic heterocycles. The fraction of sp³-hybridized carbons (Fsp3) is 0.308. The topological polar surface area (TPSA) is 38.3 Å². The molecule has 0 aliphatic rings. The number of rotatable bonds is 5. The van der Waals surface area contributed by atoms with Crippen molar-refractivity contribution < 1.29 is 22.7 Å². The predicted molar refractivity (Wildman–Crippen MR) is 63.5 cm³/mol. The standard InChI is InChI=1S/C13H14F3NO2/c1-3-19-12(18)4-8(2)17-7-9-5-10(14)13(16)11(15)6-9/h4-6,17H,3,7H2,1-2H3/b8-4+. The van der Waals surface area contributed by atoms with Gasteiger partial charge < -0.3 is 10.1 Å². The van der Waals surface area contributed by atoms with Gasteiger partial charge in [-0.05, 0) is 31.5 Å². The van der Waals surface area contributed by atoms with Gasteiger partial charge in [0.1, 0.15) is 0 Å². The van der Waals surface area contributed by atoms with E-state index in [-0.39, 0.29) is 18.7 Å². The third-order valence-electron chi connectivity index (χ3n) is 2.24. The fourth-order valence-corrected chi connectivity index (χ4v) is 1.36. The molecular weight excluding hydrogens is 259 g/mol. The molecular formula is C13H14F3NO2. The molecule has 1 rings (SSSR count). The second-order valence-electron chi connectivity index (χ2n) is 3.81. The zero-order valence-corrected chi connectivity index (χ0v) is 10.6. The summed E-state index contributed by atoms with van der Waals surface area (Å²) in [6, 6.07) is 1.78. The van der Waals surface area contributed by atoms with Crippen LogP contribution in [-0.2, 0) is 16.1 Å². The van der Waals surface area contributed by atoms with Crippen LogP contribution in [-0.4, -0.2) is 12.6 Å². The largest absolute Gasteiger partial charge is 0.463 e. The van der Waals surface area contributed by atoms with Gasteiger partial charge in [0.15, 0.2) is 17.5 Å². The number of benzene rings is 1. The first kappa shape index (κ1) is 15.1. The molecule has 6 heteroatoms. The van der Waals surface area contributed by atoms with Gasteiger partial charge in [-0.25, -0.2) is 18.0 Å². The van der Waals surface area contributed by atoms with Crippen LogP contribution in [0.2, 0.25) is 0 Å². The van der Waals surface area contributed by atoms with Crippen LogP contribution in [0.1, 0.15) is 19.4 Å². The van der Waals surface area contributed by atoms with Crippen LogP contribution in [0.4, 0.5) is 13.2 Å². The summed E-state index contributed by atoms with van der Waals surface area (Å²) in [7, 11) is 0. The Bertz CT molecular complexity index is 478. The molecule has 0 atom stereocenters. The second kappa shape index (κ2) is 6.82. The van der Waals surface area contributed by atoms with Crippen molar-refractivity contribution in [3.63, 3.8) is 0 Å². The third kappa shape index (κ3) is 4.65. The molecule has 0 heterocycles. The molecule has 0 saturated carbocycles. The number of allylic oxidation sites excluding steroid dienone is 1. The van der Waals surface area contributed by atoms with Gasteiger partial charge in [-0.2, -0.15) is 0 Å². The number of hydrogen-bond donors (Lipinski definition) is 1.